The summed E-state index contributed by atoms with van der Waals surface area (Å²) in [5.41, 5.74) is 2.29. The maximum Gasteiger partial charge on any atom is 0.193 e. The first-order valence-electron chi connectivity index (χ1n) is 6.08. The fourth-order valence-corrected chi connectivity index (χ4v) is 2.16. The minimum atomic E-state index is 0.109. The summed E-state index contributed by atoms with van der Waals surface area (Å²) in [6, 6.07) is 5.91. The lowest BCUT2D eigenvalue weighted by Crippen LogP contribution is -2.19. The van der Waals surface area contributed by atoms with Crippen molar-refractivity contribution in [3.63, 3.8) is 0 Å². The number of halogens is 1. The molecule has 2 heterocycles. The summed E-state index contributed by atoms with van der Waals surface area (Å²) >= 11 is 5.81. The molecule has 2 rings (SSSR count). The predicted molar refractivity (Wildman–Crippen MR) is 71.8 cm³/mol. The van der Waals surface area contributed by atoms with Crippen LogP contribution >= 0.6 is 11.6 Å². The topological polar surface area (TPSA) is 43.0 Å². The summed E-state index contributed by atoms with van der Waals surface area (Å²) in [6.45, 7) is 2.11. The molecule has 4 nitrogen and oxygen atoms in total. The van der Waals surface area contributed by atoms with Gasteiger partial charge in [0, 0.05) is 19.2 Å². The van der Waals surface area contributed by atoms with E-state index in [0.29, 0.717) is 5.22 Å². The van der Waals surface area contributed by atoms with Gasteiger partial charge in [-0.1, -0.05) is 6.92 Å². The van der Waals surface area contributed by atoms with E-state index in [1.54, 1.807) is 6.07 Å². The van der Waals surface area contributed by atoms with Crippen molar-refractivity contribution in [3.05, 3.63) is 40.6 Å². The van der Waals surface area contributed by atoms with E-state index < -0.39 is 0 Å². The number of hydrogen-bond acceptors (Lipinski definition) is 3. The molecule has 0 saturated heterocycles. The molecule has 2 aromatic heterocycles. The SMILES string of the molecule is CCc1cc(CC(NC)c2ccc(Cl)o2)n(C)n1. The molecule has 1 unspecified atom stereocenters. The monoisotopic (exact) mass is 267 g/mol. The third-order valence-corrected chi connectivity index (χ3v) is 3.29. The minimum Gasteiger partial charge on any atom is -0.448 e. The molecule has 0 spiro atoms. The Morgan fingerprint density at radius 1 is 1.50 bits per heavy atom. The zero-order chi connectivity index (χ0) is 13.1. The fourth-order valence-electron chi connectivity index (χ4n) is 2.00. The van der Waals surface area contributed by atoms with E-state index in [1.807, 2.05) is 24.8 Å². The second-order valence-electron chi connectivity index (χ2n) is 4.29. The number of hydrogen-bond donors (Lipinski definition) is 1. The van der Waals surface area contributed by atoms with Crippen LogP contribution in [0.2, 0.25) is 5.22 Å². The quantitative estimate of drug-likeness (QED) is 0.906. The molecule has 0 bridgehead atoms. The van der Waals surface area contributed by atoms with Crippen LogP contribution in [0.25, 0.3) is 0 Å². The Balaban J connectivity index is 2.17. The van der Waals surface area contributed by atoms with Gasteiger partial charge in [-0.15, -0.1) is 0 Å². The van der Waals surface area contributed by atoms with Crippen molar-refractivity contribution in [2.24, 2.45) is 7.05 Å². The summed E-state index contributed by atoms with van der Waals surface area (Å²) in [7, 11) is 3.88. The molecule has 98 valence electrons. The minimum absolute atomic E-state index is 0.109. The van der Waals surface area contributed by atoms with Crippen LogP contribution in [0, 0.1) is 0 Å². The number of rotatable bonds is 5. The summed E-state index contributed by atoms with van der Waals surface area (Å²) in [6.07, 6.45) is 1.77. The number of nitrogens with one attached hydrogen (secondary N) is 1. The highest BCUT2D eigenvalue weighted by Crippen LogP contribution is 2.23. The van der Waals surface area contributed by atoms with Crippen molar-refractivity contribution in [2.75, 3.05) is 7.05 Å². The molecular weight excluding hydrogens is 250 g/mol. The normalized spacial score (nSPS) is 12.9. The second kappa shape index (κ2) is 5.59. The van der Waals surface area contributed by atoms with Crippen LogP contribution in [0.15, 0.2) is 22.6 Å². The Bertz CT molecular complexity index is 518. The van der Waals surface area contributed by atoms with Gasteiger partial charge < -0.3 is 9.73 Å². The number of aryl methyl sites for hydroxylation is 2. The molecule has 2 aromatic rings. The van der Waals surface area contributed by atoms with Gasteiger partial charge >= 0.3 is 0 Å². The van der Waals surface area contributed by atoms with Gasteiger partial charge in [0.1, 0.15) is 5.76 Å². The smallest absolute Gasteiger partial charge is 0.193 e. The zero-order valence-corrected chi connectivity index (χ0v) is 11.7. The van der Waals surface area contributed by atoms with Crippen LogP contribution in [0.3, 0.4) is 0 Å². The summed E-state index contributed by atoms with van der Waals surface area (Å²) < 4.78 is 7.38. The van der Waals surface area contributed by atoms with Crippen molar-refractivity contribution in [2.45, 2.75) is 25.8 Å². The zero-order valence-electron chi connectivity index (χ0n) is 10.9. The molecule has 18 heavy (non-hydrogen) atoms. The van der Waals surface area contributed by atoms with Gasteiger partial charge in [0.15, 0.2) is 5.22 Å². The van der Waals surface area contributed by atoms with Crippen LogP contribution in [0.4, 0.5) is 0 Å². The third kappa shape index (κ3) is 2.76. The molecule has 1 N–H and O–H groups in total. The summed E-state index contributed by atoms with van der Waals surface area (Å²) in [5, 5.41) is 8.11. The molecule has 5 heteroatoms. The maximum atomic E-state index is 5.81. The number of likely N-dealkylation sites (N-methyl/N-ethyl adjacent to an activating group) is 1. The van der Waals surface area contributed by atoms with Crippen molar-refractivity contribution >= 4 is 11.6 Å². The first kappa shape index (κ1) is 13.2. The first-order chi connectivity index (χ1) is 8.63. The Morgan fingerprint density at radius 2 is 2.28 bits per heavy atom. The summed E-state index contributed by atoms with van der Waals surface area (Å²) in [4.78, 5) is 0. The van der Waals surface area contributed by atoms with E-state index in [1.165, 1.54) is 5.69 Å². The van der Waals surface area contributed by atoms with Crippen molar-refractivity contribution in [1.82, 2.24) is 15.1 Å². The molecule has 0 fully saturated rings. The van der Waals surface area contributed by atoms with Gasteiger partial charge in [-0.2, -0.15) is 5.10 Å². The van der Waals surface area contributed by atoms with E-state index in [4.69, 9.17) is 16.0 Å². The van der Waals surface area contributed by atoms with Crippen LogP contribution in [-0.4, -0.2) is 16.8 Å². The Labute approximate surface area is 112 Å². The molecule has 0 aliphatic heterocycles. The van der Waals surface area contributed by atoms with Crippen molar-refractivity contribution < 1.29 is 4.42 Å². The first-order valence-corrected chi connectivity index (χ1v) is 6.46. The van der Waals surface area contributed by atoms with Crippen molar-refractivity contribution in [3.8, 4) is 0 Å². The van der Waals surface area contributed by atoms with E-state index in [9.17, 15) is 0 Å². The van der Waals surface area contributed by atoms with Gasteiger partial charge in [0.2, 0.25) is 0 Å². The highest BCUT2D eigenvalue weighted by molar-refractivity contribution is 6.28. The van der Waals surface area contributed by atoms with E-state index in [2.05, 4.69) is 23.4 Å². The lowest BCUT2D eigenvalue weighted by atomic mass is 10.1. The average molecular weight is 268 g/mol. The average Bonchev–Trinajstić information content (AvgIpc) is 2.93. The molecular formula is C13H18ClN3O. The number of aromatic nitrogens is 2. The Morgan fingerprint density at radius 3 is 2.78 bits per heavy atom. The van der Waals surface area contributed by atoms with Gasteiger partial charge in [0.25, 0.3) is 0 Å². The molecule has 0 saturated carbocycles. The number of furan rings is 1. The van der Waals surface area contributed by atoms with Crippen LogP contribution in [0.5, 0.6) is 0 Å². The van der Waals surface area contributed by atoms with Gasteiger partial charge in [-0.05, 0) is 43.3 Å². The van der Waals surface area contributed by atoms with Gasteiger partial charge in [0.05, 0.1) is 11.7 Å². The third-order valence-electron chi connectivity index (χ3n) is 3.09. The van der Waals surface area contributed by atoms with E-state index in [-0.39, 0.29) is 6.04 Å². The van der Waals surface area contributed by atoms with Crippen LogP contribution in [0.1, 0.15) is 30.1 Å². The lowest BCUT2D eigenvalue weighted by Gasteiger charge is -2.13. The molecule has 0 radical (unpaired) electrons. The Kier molecular flexibility index (Phi) is 4.09. The van der Waals surface area contributed by atoms with Gasteiger partial charge in [-0.3, -0.25) is 4.68 Å². The standard InChI is InChI=1S/C13H18ClN3O/c1-4-9-7-10(17(3)16-9)8-11(15-2)12-5-6-13(14)18-12/h5-7,11,15H,4,8H2,1-3H3. The van der Waals surface area contributed by atoms with E-state index >= 15 is 0 Å². The molecule has 0 amide bonds. The fraction of sp³-hybridized carbons (Fsp3) is 0.462. The van der Waals surface area contributed by atoms with Crippen LogP contribution in [-0.2, 0) is 19.9 Å². The lowest BCUT2D eigenvalue weighted by molar-refractivity contribution is 0.424. The Hall–Kier alpha value is -1.26. The predicted octanol–water partition coefficient (Wildman–Crippen LogP) is 2.73. The molecule has 0 aromatic carbocycles. The summed E-state index contributed by atoms with van der Waals surface area (Å²) in [5.74, 6) is 0.849. The highest BCUT2D eigenvalue weighted by atomic mass is 35.5. The largest absolute Gasteiger partial charge is 0.448 e. The van der Waals surface area contributed by atoms with E-state index in [0.717, 1.165) is 24.3 Å². The highest BCUT2D eigenvalue weighted by Gasteiger charge is 2.16. The van der Waals surface area contributed by atoms with Crippen LogP contribution < -0.4 is 5.32 Å². The molecule has 1 atom stereocenters. The van der Waals surface area contributed by atoms with Gasteiger partial charge in [-0.25, -0.2) is 0 Å². The maximum absolute atomic E-state index is 5.81. The number of nitrogens with zero attached hydrogens (tertiary/aromatic N) is 2. The van der Waals surface area contributed by atoms with Crippen molar-refractivity contribution in [1.29, 1.82) is 0 Å². The molecule has 0 aliphatic carbocycles. The second-order valence-corrected chi connectivity index (χ2v) is 4.66. The molecule has 0 aliphatic rings.